The van der Waals surface area contributed by atoms with Crippen LogP contribution in [-0.4, -0.2) is 50.7 Å². The SMILES string of the molecule is COCCN1CCC(CNC(=O)c2cccc(-c3ccc(C#N)cc3)c2)C1. The first-order valence-corrected chi connectivity index (χ1v) is 9.29. The molecule has 0 saturated carbocycles. The van der Waals surface area contributed by atoms with Crippen molar-refractivity contribution in [2.75, 3.05) is 39.9 Å². The molecule has 1 saturated heterocycles. The smallest absolute Gasteiger partial charge is 0.251 e. The molecule has 2 aromatic carbocycles. The summed E-state index contributed by atoms with van der Waals surface area (Å²) in [6, 6.07) is 17.1. The van der Waals surface area contributed by atoms with Crippen LogP contribution in [0.4, 0.5) is 0 Å². The fourth-order valence-corrected chi connectivity index (χ4v) is 3.42. The van der Waals surface area contributed by atoms with E-state index in [0.29, 0.717) is 23.6 Å². The van der Waals surface area contributed by atoms with Crippen molar-refractivity contribution in [3.05, 3.63) is 59.7 Å². The first kappa shape index (κ1) is 19.1. The van der Waals surface area contributed by atoms with E-state index in [4.69, 9.17) is 10.00 Å². The largest absolute Gasteiger partial charge is 0.383 e. The topological polar surface area (TPSA) is 65.4 Å². The summed E-state index contributed by atoms with van der Waals surface area (Å²) in [6.45, 7) is 4.48. The summed E-state index contributed by atoms with van der Waals surface area (Å²) in [5.74, 6) is 0.452. The number of nitrogens with one attached hydrogen (secondary N) is 1. The van der Waals surface area contributed by atoms with Crippen LogP contribution in [-0.2, 0) is 4.74 Å². The van der Waals surface area contributed by atoms with Crippen molar-refractivity contribution in [1.82, 2.24) is 10.2 Å². The average Bonchev–Trinajstić information content (AvgIpc) is 3.18. The molecule has 0 spiro atoms. The lowest BCUT2D eigenvalue weighted by molar-refractivity contribution is 0.0946. The third kappa shape index (κ3) is 5.16. The van der Waals surface area contributed by atoms with Crippen molar-refractivity contribution in [2.45, 2.75) is 6.42 Å². The van der Waals surface area contributed by atoms with Crippen LogP contribution in [0.25, 0.3) is 11.1 Å². The van der Waals surface area contributed by atoms with E-state index < -0.39 is 0 Å². The molecule has 1 heterocycles. The molecule has 1 unspecified atom stereocenters. The number of ether oxygens (including phenoxy) is 1. The highest BCUT2D eigenvalue weighted by atomic mass is 16.5. The Morgan fingerprint density at radius 1 is 1.26 bits per heavy atom. The van der Waals surface area contributed by atoms with Crippen molar-refractivity contribution < 1.29 is 9.53 Å². The molecule has 1 N–H and O–H groups in total. The number of rotatable bonds is 7. The Hall–Kier alpha value is -2.68. The van der Waals surface area contributed by atoms with Gasteiger partial charge in [-0.1, -0.05) is 24.3 Å². The molecule has 1 amide bonds. The molecule has 0 radical (unpaired) electrons. The molecule has 0 aliphatic carbocycles. The van der Waals surface area contributed by atoms with Gasteiger partial charge in [0.15, 0.2) is 0 Å². The van der Waals surface area contributed by atoms with E-state index in [1.165, 1.54) is 0 Å². The predicted molar refractivity (Wildman–Crippen MR) is 105 cm³/mol. The van der Waals surface area contributed by atoms with Gasteiger partial charge in [0.05, 0.1) is 18.2 Å². The van der Waals surface area contributed by atoms with Gasteiger partial charge in [-0.2, -0.15) is 5.26 Å². The molecule has 0 bridgehead atoms. The fourth-order valence-electron chi connectivity index (χ4n) is 3.42. The Morgan fingerprint density at radius 3 is 2.81 bits per heavy atom. The molecular formula is C22H25N3O2. The monoisotopic (exact) mass is 363 g/mol. The lowest BCUT2D eigenvalue weighted by Crippen LogP contribution is -2.31. The maximum atomic E-state index is 12.6. The lowest BCUT2D eigenvalue weighted by Gasteiger charge is -2.15. The summed E-state index contributed by atoms with van der Waals surface area (Å²) in [5, 5.41) is 12.0. The predicted octanol–water partition coefficient (Wildman–Crippen LogP) is 2.92. The van der Waals surface area contributed by atoms with E-state index in [-0.39, 0.29) is 5.91 Å². The second-order valence-corrected chi connectivity index (χ2v) is 6.93. The van der Waals surface area contributed by atoms with Crippen LogP contribution in [0, 0.1) is 17.2 Å². The zero-order valence-electron chi connectivity index (χ0n) is 15.6. The quantitative estimate of drug-likeness (QED) is 0.821. The highest BCUT2D eigenvalue weighted by Gasteiger charge is 2.22. The summed E-state index contributed by atoms with van der Waals surface area (Å²) < 4.78 is 5.13. The molecule has 1 fully saturated rings. The van der Waals surface area contributed by atoms with E-state index >= 15 is 0 Å². The fraction of sp³-hybridized carbons (Fsp3) is 0.364. The van der Waals surface area contributed by atoms with Crippen LogP contribution in [0.3, 0.4) is 0 Å². The number of nitriles is 1. The molecule has 27 heavy (non-hydrogen) atoms. The van der Waals surface area contributed by atoms with E-state index in [9.17, 15) is 4.79 Å². The molecule has 0 aromatic heterocycles. The molecule has 1 atom stereocenters. The molecule has 1 aliphatic heterocycles. The molecule has 140 valence electrons. The van der Waals surface area contributed by atoms with Gasteiger partial charge in [0, 0.05) is 32.3 Å². The van der Waals surface area contributed by atoms with Crippen LogP contribution in [0.5, 0.6) is 0 Å². The molecule has 5 heteroatoms. The number of amides is 1. The van der Waals surface area contributed by atoms with Crippen molar-refractivity contribution in [2.24, 2.45) is 5.92 Å². The third-order valence-electron chi connectivity index (χ3n) is 5.00. The maximum absolute atomic E-state index is 12.6. The Kier molecular flexibility index (Phi) is 6.59. The number of hydrogen-bond donors (Lipinski definition) is 1. The zero-order valence-corrected chi connectivity index (χ0v) is 15.6. The third-order valence-corrected chi connectivity index (χ3v) is 5.00. The van der Waals surface area contributed by atoms with Crippen LogP contribution in [0.1, 0.15) is 22.3 Å². The Bertz CT molecular complexity index is 811. The van der Waals surface area contributed by atoms with E-state index in [2.05, 4.69) is 16.3 Å². The Balaban J connectivity index is 1.57. The summed E-state index contributed by atoms with van der Waals surface area (Å²) in [4.78, 5) is 14.9. The molecule has 3 rings (SSSR count). The van der Waals surface area contributed by atoms with Gasteiger partial charge in [-0.05, 0) is 54.3 Å². The van der Waals surface area contributed by atoms with Crippen LogP contribution in [0.15, 0.2) is 48.5 Å². The van der Waals surface area contributed by atoms with E-state index in [0.717, 1.165) is 43.8 Å². The number of nitrogens with zero attached hydrogens (tertiary/aromatic N) is 2. The maximum Gasteiger partial charge on any atom is 0.251 e. The van der Waals surface area contributed by atoms with Crippen LogP contribution >= 0.6 is 0 Å². The van der Waals surface area contributed by atoms with Crippen LogP contribution in [0.2, 0.25) is 0 Å². The first-order chi connectivity index (χ1) is 13.2. The van der Waals surface area contributed by atoms with Crippen molar-refractivity contribution in [1.29, 1.82) is 5.26 Å². The summed E-state index contributed by atoms with van der Waals surface area (Å²) in [7, 11) is 1.72. The van der Waals surface area contributed by atoms with Gasteiger partial charge in [0.25, 0.3) is 5.91 Å². The first-order valence-electron chi connectivity index (χ1n) is 9.29. The van der Waals surface area contributed by atoms with E-state index in [1.54, 1.807) is 19.2 Å². The number of hydrogen-bond acceptors (Lipinski definition) is 4. The van der Waals surface area contributed by atoms with E-state index in [1.807, 2.05) is 36.4 Å². The van der Waals surface area contributed by atoms with Crippen LogP contribution < -0.4 is 5.32 Å². The standard InChI is InChI=1S/C22H25N3O2/c1-27-12-11-25-10-9-18(16-25)15-24-22(26)21-4-2-3-20(13-21)19-7-5-17(14-23)6-8-19/h2-8,13,18H,9-12,15-16H2,1H3,(H,24,26). The minimum atomic E-state index is -0.0409. The number of benzene rings is 2. The summed E-state index contributed by atoms with van der Waals surface area (Å²) in [6.07, 6.45) is 1.11. The van der Waals surface area contributed by atoms with Gasteiger partial charge < -0.3 is 15.0 Å². The van der Waals surface area contributed by atoms with Gasteiger partial charge in [0.2, 0.25) is 0 Å². The van der Waals surface area contributed by atoms with Gasteiger partial charge in [-0.25, -0.2) is 0 Å². The van der Waals surface area contributed by atoms with Gasteiger partial charge >= 0.3 is 0 Å². The number of methoxy groups -OCH3 is 1. The average molecular weight is 363 g/mol. The number of likely N-dealkylation sites (tertiary alicyclic amines) is 1. The number of carbonyl (C=O) groups is 1. The lowest BCUT2D eigenvalue weighted by atomic mass is 10.0. The summed E-state index contributed by atoms with van der Waals surface area (Å²) >= 11 is 0. The Morgan fingerprint density at radius 2 is 2.07 bits per heavy atom. The molecular weight excluding hydrogens is 338 g/mol. The second kappa shape index (κ2) is 9.31. The second-order valence-electron chi connectivity index (χ2n) is 6.93. The molecule has 2 aromatic rings. The highest BCUT2D eigenvalue weighted by Crippen LogP contribution is 2.21. The summed E-state index contributed by atoms with van der Waals surface area (Å²) in [5.41, 5.74) is 3.25. The minimum Gasteiger partial charge on any atom is -0.383 e. The van der Waals surface area contributed by atoms with Gasteiger partial charge in [-0.3, -0.25) is 4.79 Å². The van der Waals surface area contributed by atoms with Crippen molar-refractivity contribution in [3.8, 4) is 17.2 Å². The normalized spacial score (nSPS) is 16.8. The zero-order chi connectivity index (χ0) is 19.1. The Labute approximate surface area is 160 Å². The minimum absolute atomic E-state index is 0.0409. The van der Waals surface area contributed by atoms with Gasteiger partial charge in [0.1, 0.15) is 0 Å². The van der Waals surface area contributed by atoms with Gasteiger partial charge in [-0.15, -0.1) is 0 Å². The molecule has 5 nitrogen and oxygen atoms in total. The number of carbonyl (C=O) groups excluding carboxylic acids is 1. The van der Waals surface area contributed by atoms with Crippen molar-refractivity contribution >= 4 is 5.91 Å². The highest BCUT2D eigenvalue weighted by molar-refractivity contribution is 5.95. The van der Waals surface area contributed by atoms with Crippen molar-refractivity contribution in [3.63, 3.8) is 0 Å². The molecule has 1 aliphatic rings.